The molecule has 106 valence electrons. The van der Waals surface area contributed by atoms with Gasteiger partial charge in [0, 0.05) is 5.56 Å². The predicted octanol–water partition coefficient (Wildman–Crippen LogP) is 5.23. The summed E-state index contributed by atoms with van der Waals surface area (Å²) in [5.41, 5.74) is -0.0451. The molecule has 3 aromatic rings. The van der Waals surface area contributed by atoms with Gasteiger partial charge in [0.1, 0.15) is 5.75 Å². The lowest BCUT2D eigenvalue weighted by molar-refractivity contribution is -0.137. The van der Waals surface area contributed by atoms with Crippen LogP contribution in [0.4, 0.5) is 13.2 Å². The third kappa shape index (κ3) is 2.57. The fourth-order valence-corrected chi connectivity index (χ4v) is 2.30. The molecule has 1 nitrogen and oxygen atoms in total. The Morgan fingerprint density at radius 3 is 2.19 bits per heavy atom. The van der Waals surface area contributed by atoms with Gasteiger partial charge in [-0.2, -0.15) is 13.2 Å². The number of hydrogen-bond donors (Lipinski definition) is 1. The number of rotatable bonds is 1. The Bertz CT molecular complexity index is 806. The quantitative estimate of drug-likeness (QED) is 0.650. The summed E-state index contributed by atoms with van der Waals surface area (Å²) in [5.74, 6) is -0.168. The molecule has 0 unspecified atom stereocenters. The second-order valence-electron chi connectivity index (χ2n) is 4.79. The minimum Gasteiger partial charge on any atom is -0.507 e. The van der Waals surface area contributed by atoms with Gasteiger partial charge >= 0.3 is 6.18 Å². The summed E-state index contributed by atoms with van der Waals surface area (Å²) in [7, 11) is 0. The predicted molar refractivity (Wildman–Crippen MR) is 76.1 cm³/mol. The van der Waals surface area contributed by atoms with Gasteiger partial charge in [-0.15, -0.1) is 0 Å². The van der Waals surface area contributed by atoms with Crippen molar-refractivity contribution in [3.05, 3.63) is 66.2 Å². The Morgan fingerprint density at radius 2 is 1.48 bits per heavy atom. The maximum Gasteiger partial charge on any atom is 0.416 e. The first-order valence-electron chi connectivity index (χ1n) is 6.34. The van der Waals surface area contributed by atoms with E-state index in [2.05, 4.69) is 0 Å². The van der Waals surface area contributed by atoms with Crippen molar-refractivity contribution in [3.8, 4) is 16.9 Å². The zero-order valence-electron chi connectivity index (χ0n) is 10.9. The van der Waals surface area contributed by atoms with E-state index in [1.165, 1.54) is 0 Å². The third-order valence-corrected chi connectivity index (χ3v) is 3.38. The molecule has 0 bridgehead atoms. The van der Waals surface area contributed by atoms with Crippen LogP contribution < -0.4 is 0 Å². The van der Waals surface area contributed by atoms with Gasteiger partial charge in [-0.1, -0.05) is 36.4 Å². The Hall–Kier alpha value is -2.49. The summed E-state index contributed by atoms with van der Waals surface area (Å²) in [4.78, 5) is 0. The van der Waals surface area contributed by atoms with E-state index in [9.17, 15) is 18.3 Å². The molecular formula is C17H11F3O. The number of benzene rings is 3. The minimum atomic E-state index is -4.43. The average Bonchev–Trinajstić information content (AvgIpc) is 2.46. The molecule has 0 atom stereocenters. The first kappa shape index (κ1) is 13.5. The topological polar surface area (TPSA) is 20.2 Å². The van der Waals surface area contributed by atoms with Crippen molar-refractivity contribution in [3.63, 3.8) is 0 Å². The van der Waals surface area contributed by atoms with Crippen molar-refractivity contribution in [1.29, 1.82) is 0 Å². The Kier molecular flexibility index (Phi) is 3.09. The molecule has 0 aliphatic rings. The highest BCUT2D eigenvalue weighted by Crippen LogP contribution is 2.37. The highest BCUT2D eigenvalue weighted by Gasteiger charge is 2.31. The van der Waals surface area contributed by atoms with Crippen LogP contribution in [-0.4, -0.2) is 5.11 Å². The maximum atomic E-state index is 12.8. The third-order valence-electron chi connectivity index (χ3n) is 3.38. The van der Waals surface area contributed by atoms with E-state index >= 15 is 0 Å². The van der Waals surface area contributed by atoms with Gasteiger partial charge in [0.15, 0.2) is 0 Å². The van der Waals surface area contributed by atoms with Crippen LogP contribution in [0.1, 0.15) is 5.56 Å². The molecule has 0 radical (unpaired) electrons. The zero-order valence-corrected chi connectivity index (χ0v) is 10.9. The minimum absolute atomic E-state index is 0.168. The molecule has 4 heteroatoms. The molecule has 0 heterocycles. The van der Waals surface area contributed by atoms with Crippen LogP contribution in [0.25, 0.3) is 21.9 Å². The number of hydrogen-bond acceptors (Lipinski definition) is 1. The van der Waals surface area contributed by atoms with Gasteiger partial charge in [0.05, 0.1) is 5.56 Å². The van der Waals surface area contributed by atoms with E-state index in [-0.39, 0.29) is 11.3 Å². The number of aromatic hydroxyl groups is 1. The monoisotopic (exact) mass is 288 g/mol. The van der Waals surface area contributed by atoms with Crippen LogP contribution in [0.3, 0.4) is 0 Å². The number of alkyl halides is 3. The lowest BCUT2D eigenvalue weighted by atomic mass is 9.99. The van der Waals surface area contributed by atoms with Crippen LogP contribution >= 0.6 is 0 Å². The molecule has 0 aromatic heterocycles. The molecule has 0 spiro atoms. The molecule has 0 amide bonds. The molecule has 0 aliphatic carbocycles. The van der Waals surface area contributed by atoms with Gasteiger partial charge in [-0.3, -0.25) is 0 Å². The van der Waals surface area contributed by atoms with Crippen LogP contribution in [0.2, 0.25) is 0 Å². The first-order valence-corrected chi connectivity index (χ1v) is 6.34. The summed E-state index contributed by atoms with van der Waals surface area (Å²) in [5, 5.41) is 11.8. The molecule has 21 heavy (non-hydrogen) atoms. The number of phenolic OH excluding ortho intramolecular Hbond substituents is 1. The molecule has 3 aromatic carbocycles. The number of halogens is 3. The fourth-order valence-electron chi connectivity index (χ4n) is 2.30. The second-order valence-corrected chi connectivity index (χ2v) is 4.79. The highest BCUT2D eigenvalue weighted by molar-refractivity contribution is 5.88. The summed E-state index contributed by atoms with van der Waals surface area (Å²) in [6.45, 7) is 0. The normalized spacial score (nSPS) is 11.8. The van der Waals surface area contributed by atoms with Crippen molar-refractivity contribution in [2.75, 3.05) is 0 Å². The van der Waals surface area contributed by atoms with Crippen molar-refractivity contribution < 1.29 is 18.3 Å². The second kappa shape index (κ2) is 4.81. The molecule has 3 rings (SSSR count). The van der Waals surface area contributed by atoms with Crippen molar-refractivity contribution in [2.45, 2.75) is 6.18 Å². The van der Waals surface area contributed by atoms with E-state index in [1.54, 1.807) is 12.1 Å². The van der Waals surface area contributed by atoms with Gasteiger partial charge in [-0.25, -0.2) is 0 Å². The van der Waals surface area contributed by atoms with Gasteiger partial charge in [0.25, 0.3) is 0 Å². The number of fused-ring (bicyclic) bond motifs is 1. The average molecular weight is 288 g/mol. The van der Waals surface area contributed by atoms with Crippen LogP contribution in [0.5, 0.6) is 5.75 Å². The Balaban J connectivity index is 2.17. The van der Waals surface area contributed by atoms with E-state index in [4.69, 9.17) is 0 Å². The number of phenols is 1. The molecule has 0 saturated carbocycles. The van der Waals surface area contributed by atoms with Crippen molar-refractivity contribution >= 4 is 10.8 Å². The van der Waals surface area contributed by atoms with E-state index in [0.29, 0.717) is 5.56 Å². The molecule has 0 saturated heterocycles. The zero-order chi connectivity index (χ0) is 15.0. The van der Waals surface area contributed by atoms with Gasteiger partial charge in [0.2, 0.25) is 0 Å². The fraction of sp³-hybridized carbons (Fsp3) is 0.0588. The Morgan fingerprint density at radius 1 is 0.762 bits per heavy atom. The van der Waals surface area contributed by atoms with Crippen LogP contribution in [-0.2, 0) is 6.18 Å². The van der Waals surface area contributed by atoms with Gasteiger partial charge in [-0.05, 0) is 40.6 Å². The first-order chi connectivity index (χ1) is 9.95. The summed E-state index contributed by atoms with van der Waals surface area (Å²) >= 11 is 0. The standard InChI is InChI=1S/C17H11F3O/c18-17(19,20)14-7-8-16(21)15(10-14)13-6-5-11-3-1-2-4-12(11)9-13/h1-10,21H. The largest absolute Gasteiger partial charge is 0.507 e. The Labute approximate surface area is 119 Å². The molecule has 1 N–H and O–H groups in total. The maximum absolute atomic E-state index is 12.8. The summed E-state index contributed by atoms with van der Waals surface area (Å²) in [6.07, 6.45) is -4.43. The van der Waals surface area contributed by atoms with Crippen LogP contribution in [0.15, 0.2) is 60.7 Å². The van der Waals surface area contributed by atoms with E-state index in [1.807, 2.05) is 30.3 Å². The van der Waals surface area contributed by atoms with Crippen molar-refractivity contribution in [2.24, 2.45) is 0 Å². The van der Waals surface area contributed by atoms with E-state index in [0.717, 1.165) is 29.0 Å². The lowest BCUT2D eigenvalue weighted by Crippen LogP contribution is -2.04. The SMILES string of the molecule is Oc1ccc(C(F)(F)F)cc1-c1ccc2ccccc2c1. The van der Waals surface area contributed by atoms with E-state index < -0.39 is 11.7 Å². The highest BCUT2D eigenvalue weighted by atomic mass is 19.4. The van der Waals surface area contributed by atoms with Crippen molar-refractivity contribution in [1.82, 2.24) is 0 Å². The van der Waals surface area contributed by atoms with Gasteiger partial charge < -0.3 is 5.11 Å². The molecule has 0 fully saturated rings. The summed E-state index contributed by atoms with van der Waals surface area (Å²) in [6, 6.07) is 15.8. The molecular weight excluding hydrogens is 277 g/mol. The lowest BCUT2D eigenvalue weighted by Gasteiger charge is -2.11. The summed E-state index contributed by atoms with van der Waals surface area (Å²) < 4.78 is 38.4. The van der Waals surface area contributed by atoms with Crippen LogP contribution in [0, 0.1) is 0 Å². The molecule has 0 aliphatic heterocycles. The smallest absolute Gasteiger partial charge is 0.416 e.